The number of hydrogen-bond donors (Lipinski definition) is 0. The molecule has 0 radical (unpaired) electrons. The van der Waals surface area contributed by atoms with Crippen LogP contribution < -0.4 is 4.74 Å². The zero-order valence-corrected chi connectivity index (χ0v) is 16.7. The van der Waals surface area contributed by atoms with Gasteiger partial charge in [0, 0.05) is 11.6 Å². The Kier molecular flexibility index (Phi) is 5.84. The van der Waals surface area contributed by atoms with Gasteiger partial charge in [-0.15, -0.1) is 0 Å². The molecular formula is C21H26ClN3O. The lowest BCUT2D eigenvalue weighted by Gasteiger charge is -2.14. The molecule has 138 valence electrons. The molecule has 0 fully saturated rings. The van der Waals surface area contributed by atoms with Gasteiger partial charge in [0.2, 0.25) is 0 Å². The van der Waals surface area contributed by atoms with Crippen molar-refractivity contribution in [2.75, 3.05) is 20.6 Å². The van der Waals surface area contributed by atoms with E-state index in [4.69, 9.17) is 21.3 Å². The molecule has 3 aromatic rings. The molecule has 0 saturated carbocycles. The zero-order chi connectivity index (χ0) is 18.7. The second kappa shape index (κ2) is 8.11. The Morgan fingerprint density at radius 2 is 1.92 bits per heavy atom. The lowest BCUT2D eigenvalue weighted by atomic mass is 10.1. The number of fused-ring (bicyclic) bond motifs is 1. The highest BCUT2D eigenvalue weighted by Gasteiger charge is 2.12. The van der Waals surface area contributed by atoms with Crippen molar-refractivity contribution >= 4 is 22.6 Å². The van der Waals surface area contributed by atoms with Crippen LogP contribution >= 0.6 is 11.6 Å². The summed E-state index contributed by atoms with van der Waals surface area (Å²) >= 11 is 6.21. The normalized spacial score (nSPS) is 11.5. The lowest BCUT2D eigenvalue weighted by Crippen LogP contribution is -2.16. The molecule has 0 N–H and O–H groups in total. The van der Waals surface area contributed by atoms with Crippen LogP contribution in [-0.4, -0.2) is 35.1 Å². The lowest BCUT2D eigenvalue weighted by molar-refractivity contribution is 0.286. The average molecular weight is 372 g/mol. The molecule has 0 aliphatic heterocycles. The number of nitrogens with zero attached hydrogens (tertiary/aromatic N) is 3. The number of imidazole rings is 1. The highest BCUT2D eigenvalue weighted by Crippen LogP contribution is 2.24. The van der Waals surface area contributed by atoms with Crippen molar-refractivity contribution in [2.45, 2.75) is 33.4 Å². The number of aryl methyl sites for hydroxylation is 3. The Bertz CT molecular complexity index is 902. The van der Waals surface area contributed by atoms with Crippen molar-refractivity contribution in [3.05, 3.63) is 58.4 Å². The molecular weight excluding hydrogens is 346 g/mol. The van der Waals surface area contributed by atoms with Crippen molar-refractivity contribution in [1.82, 2.24) is 14.5 Å². The summed E-state index contributed by atoms with van der Waals surface area (Å²) < 4.78 is 8.31. The third-order valence-corrected chi connectivity index (χ3v) is 4.70. The number of ether oxygens (including phenoxy) is 1. The summed E-state index contributed by atoms with van der Waals surface area (Å²) in [7, 11) is 4.18. The minimum atomic E-state index is 0.443. The second-order valence-corrected chi connectivity index (χ2v) is 7.46. The SMILES string of the molecule is Cc1ccc(OCc2nc3ccc(Cl)cc3n2CCCN(C)C)c(C)c1. The van der Waals surface area contributed by atoms with Gasteiger partial charge in [-0.25, -0.2) is 4.98 Å². The van der Waals surface area contributed by atoms with Crippen LogP contribution in [0.1, 0.15) is 23.4 Å². The number of rotatable bonds is 7. The minimum Gasteiger partial charge on any atom is -0.485 e. The maximum atomic E-state index is 6.21. The van der Waals surface area contributed by atoms with Gasteiger partial charge < -0.3 is 14.2 Å². The fourth-order valence-electron chi connectivity index (χ4n) is 3.15. The first-order chi connectivity index (χ1) is 12.4. The van der Waals surface area contributed by atoms with Gasteiger partial charge in [-0.3, -0.25) is 0 Å². The van der Waals surface area contributed by atoms with Gasteiger partial charge in [0.15, 0.2) is 0 Å². The van der Waals surface area contributed by atoms with Crippen molar-refractivity contribution < 1.29 is 4.74 Å². The molecule has 1 heterocycles. The maximum absolute atomic E-state index is 6.21. The quantitative estimate of drug-likeness (QED) is 0.595. The number of aromatic nitrogens is 2. The first-order valence-electron chi connectivity index (χ1n) is 8.93. The fourth-order valence-corrected chi connectivity index (χ4v) is 3.32. The van der Waals surface area contributed by atoms with Gasteiger partial charge in [-0.1, -0.05) is 29.3 Å². The maximum Gasteiger partial charge on any atom is 0.147 e. The van der Waals surface area contributed by atoms with Crippen molar-refractivity contribution in [3.63, 3.8) is 0 Å². The number of halogens is 1. The molecule has 0 saturated heterocycles. The van der Waals surface area contributed by atoms with E-state index < -0.39 is 0 Å². The van der Waals surface area contributed by atoms with Gasteiger partial charge in [-0.2, -0.15) is 0 Å². The molecule has 3 rings (SSSR count). The monoisotopic (exact) mass is 371 g/mol. The molecule has 5 heteroatoms. The van der Waals surface area contributed by atoms with Crippen LogP contribution in [0.3, 0.4) is 0 Å². The Balaban J connectivity index is 1.85. The summed E-state index contributed by atoms with van der Waals surface area (Å²) in [6, 6.07) is 12.1. The summed E-state index contributed by atoms with van der Waals surface area (Å²) in [6.45, 7) is 6.52. The second-order valence-electron chi connectivity index (χ2n) is 7.03. The summed E-state index contributed by atoms with van der Waals surface area (Å²) in [5.41, 5.74) is 4.40. The van der Waals surface area contributed by atoms with Gasteiger partial charge in [-0.05, 0) is 70.7 Å². The third kappa shape index (κ3) is 4.37. The summed E-state index contributed by atoms with van der Waals surface area (Å²) in [5, 5.41) is 0.730. The third-order valence-electron chi connectivity index (χ3n) is 4.46. The predicted molar refractivity (Wildman–Crippen MR) is 108 cm³/mol. The van der Waals surface area contributed by atoms with Crippen LogP contribution in [0.5, 0.6) is 5.75 Å². The molecule has 0 amide bonds. The van der Waals surface area contributed by atoms with E-state index in [0.29, 0.717) is 6.61 Å². The van der Waals surface area contributed by atoms with Crippen LogP contribution in [0.4, 0.5) is 0 Å². The van der Waals surface area contributed by atoms with Crippen LogP contribution in [0.2, 0.25) is 5.02 Å². The fraction of sp³-hybridized carbons (Fsp3) is 0.381. The summed E-state index contributed by atoms with van der Waals surface area (Å²) in [6.07, 6.45) is 1.04. The molecule has 1 aromatic heterocycles. The molecule has 0 aliphatic rings. The van der Waals surface area contributed by atoms with Crippen molar-refractivity contribution in [1.29, 1.82) is 0 Å². The molecule has 2 aromatic carbocycles. The first-order valence-corrected chi connectivity index (χ1v) is 9.31. The van der Waals surface area contributed by atoms with Crippen LogP contribution in [0.25, 0.3) is 11.0 Å². The van der Waals surface area contributed by atoms with Gasteiger partial charge in [0.05, 0.1) is 11.0 Å². The highest BCUT2D eigenvalue weighted by molar-refractivity contribution is 6.31. The van der Waals surface area contributed by atoms with Crippen LogP contribution in [0, 0.1) is 13.8 Å². The van der Waals surface area contributed by atoms with Crippen LogP contribution in [0.15, 0.2) is 36.4 Å². The average Bonchev–Trinajstić information content (AvgIpc) is 2.91. The van der Waals surface area contributed by atoms with Gasteiger partial charge >= 0.3 is 0 Å². The van der Waals surface area contributed by atoms with Crippen LogP contribution in [-0.2, 0) is 13.2 Å². The summed E-state index contributed by atoms with van der Waals surface area (Å²) in [5.74, 6) is 1.83. The molecule has 0 bridgehead atoms. The Labute approximate surface area is 160 Å². The van der Waals surface area contributed by atoms with E-state index in [1.165, 1.54) is 5.56 Å². The van der Waals surface area contributed by atoms with E-state index in [0.717, 1.165) is 52.7 Å². The molecule has 0 unspecified atom stereocenters. The Morgan fingerprint density at radius 3 is 2.65 bits per heavy atom. The van der Waals surface area contributed by atoms with Crippen molar-refractivity contribution in [2.24, 2.45) is 0 Å². The minimum absolute atomic E-state index is 0.443. The van der Waals surface area contributed by atoms with E-state index in [2.05, 4.69) is 49.5 Å². The standard InChI is InChI=1S/C21H26ClN3O/c1-15-6-9-20(16(2)12-15)26-14-21-23-18-8-7-17(22)13-19(18)25(21)11-5-10-24(3)4/h6-9,12-13H,5,10-11,14H2,1-4H3. The van der Waals surface area contributed by atoms with Gasteiger partial charge in [0.25, 0.3) is 0 Å². The highest BCUT2D eigenvalue weighted by atomic mass is 35.5. The Morgan fingerprint density at radius 1 is 1.12 bits per heavy atom. The molecule has 0 atom stereocenters. The van der Waals surface area contributed by atoms with E-state index in [1.807, 2.05) is 24.3 Å². The molecule has 0 spiro atoms. The van der Waals surface area contributed by atoms with E-state index in [9.17, 15) is 0 Å². The summed E-state index contributed by atoms with van der Waals surface area (Å²) in [4.78, 5) is 6.97. The zero-order valence-electron chi connectivity index (χ0n) is 15.9. The smallest absolute Gasteiger partial charge is 0.147 e. The molecule has 26 heavy (non-hydrogen) atoms. The molecule has 0 aliphatic carbocycles. The topological polar surface area (TPSA) is 30.3 Å². The van der Waals surface area contributed by atoms with E-state index >= 15 is 0 Å². The number of hydrogen-bond acceptors (Lipinski definition) is 3. The Hall–Kier alpha value is -2.04. The first kappa shape index (κ1) is 18.7. The molecule has 4 nitrogen and oxygen atoms in total. The predicted octanol–water partition coefficient (Wildman–Crippen LogP) is 4.84. The van der Waals surface area contributed by atoms with E-state index in [-0.39, 0.29) is 0 Å². The van der Waals surface area contributed by atoms with Gasteiger partial charge in [0.1, 0.15) is 18.2 Å². The van der Waals surface area contributed by atoms with Crippen molar-refractivity contribution in [3.8, 4) is 5.75 Å². The largest absolute Gasteiger partial charge is 0.485 e. The van der Waals surface area contributed by atoms with E-state index in [1.54, 1.807) is 0 Å². The number of benzene rings is 2.